The molecule has 0 aromatic rings. The highest BCUT2D eigenvalue weighted by molar-refractivity contribution is 4.95. The van der Waals surface area contributed by atoms with E-state index in [2.05, 4.69) is 0 Å². The van der Waals surface area contributed by atoms with Gasteiger partial charge in [0.25, 0.3) is 0 Å². The van der Waals surface area contributed by atoms with Gasteiger partial charge in [-0.2, -0.15) is 0 Å². The van der Waals surface area contributed by atoms with Gasteiger partial charge < -0.3 is 55.0 Å². The Kier molecular flexibility index (Phi) is 8.60. The zero-order chi connectivity index (χ0) is 21.0. The lowest BCUT2D eigenvalue weighted by molar-refractivity contribution is -0.357. The van der Waals surface area contributed by atoms with Gasteiger partial charge in [0.15, 0.2) is 12.6 Å². The lowest BCUT2D eigenvalue weighted by Crippen LogP contribution is -2.64. The second kappa shape index (κ2) is 10.7. The predicted octanol–water partition coefficient (Wildman–Crippen LogP) is -2.95. The molecule has 0 aromatic carbocycles. The van der Waals surface area contributed by atoms with Crippen LogP contribution in [0.1, 0.15) is 19.3 Å². The van der Waals surface area contributed by atoms with E-state index in [-0.39, 0.29) is 19.8 Å². The first kappa shape index (κ1) is 23.2. The molecule has 29 heavy (non-hydrogen) atoms. The fourth-order valence-electron chi connectivity index (χ4n) is 4.13. The summed E-state index contributed by atoms with van der Waals surface area (Å²) >= 11 is 0. The van der Waals surface area contributed by atoms with Gasteiger partial charge in [-0.05, 0) is 25.8 Å². The molecule has 10 atom stereocenters. The average molecular weight is 423 g/mol. The highest BCUT2D eigenvalue weighted by Crippen LogP contribution is 2.34. The number of hydrogen-bond donors (Lipinski definition) is 6. The second-order valence-corrected chi connectivity index (χ2v) is 7.68. The lowest BCUT2D eigenvalue weighted by atomic mass is 9.85. The van der Waals surface area contributed by atoms with Gasteiger partial charge in [-0.25, -0.2) is 0 Å². The minimum atomic E-state index is -1.40. The van der Waals surface area contributed by atoms with E-state index in [9.17, 15) is 25.5 Å². The second-order valence-electron chi connectivity index (χ2n) is 7.68. The first-order chi connectivity index (χ1) is 14.0. The van der Waals surface area contributed by atoms with Crippen molar-refractivity contribution in [3.05, 3.63) is 0 Å². The lowest BCUT2D eigenvalue weighted by Gasteiger charge is -2.47. The van der Waals surface area contributed by atoms with Gasteiger partial charge in [-0.1, -0.05) is 0 Å². The first-order valence-electron chi connectivity index (χ1n) is 10.2. The third-order valence-corrected chi connectivity index (χ3v) is 5.74. The molecule has 1 unspecified atom stereocenters. The zero-order valence-corrected chi connectivity index (χ0v) is 16.3. The molecule has 5 fully saturated rings. The van der Waals surface area contributed by atoms with E-state index >= 15 is 0 Å². The summed E-state index contributed by atoms with van der Waals surface area (Å²) in [6, 6.07) is 0. The molecule has 5 saturated heterocycles. The molecule has 5 aliphatic heterocycles. The smallest absolute Gasteiger partial charge is 0.187 e. The maximum Gasteiger partial charge on any atom is 0.187 e. The topological polar surface area (TPSA) is 173 Å². The first-order valence-corrected chi connectivity index (χ1v) is 10.2. The van der Waals surface area contributed by atoms with E-state index in [1.54, 1.807) is 0 Å². The number of hydrogen-bond acceptors (Lipinski definition) is 11. The third kappa shape index (κ3) is 5.08. The molecule has 170 valence electrons. The van der Waals surface area contributed by atoms with Crippen molar-refractivity contribution in [3.8, 4) is 0 Å². The maximum absolute atomic E-state index is 10.9. The van der Waals surface area contributed by atoms with Gasteiger partial charge >= 0.3 is 0 Å². The molecule has 7 N–H and O–H groups in total. The van der Waals surface area contributed by atoms with Crippen molar-refractivity contribution in [2.45, 2.75) is 74.6 Å². The van der Waals surface area contributed by atoms with Gasteiger partial charge in [-0.3, -0.25) is 0 Å². The Morgan fingerprint density at radius 1 is 0.897 bits per heavy atom. The molecule has 0 aliphatic carbocycles. The Balaban J connectivity index is 1.86. The van der Waals surface area contributed by atoms with Crippen LogP contribution < -0.4 is 5.73 Å². The Morgan fingerprint density at radius 3 is 2.31 bits per heavy atom. The molecular formula is C18H33NO10. The van der Waals surface area contributed by atoms with E-state index in [1.807, 2.05) is 0 Å². The van der Waals surface area contributed by atoms with Crippen molar-refractivity contribution in [3.63, 3.8) is 0 Å². The summed E-state index contributed by atoms with van der Waals surface area (Å²) in [7, 11) is 0. The Hall–Kier alpha value is -0.440. The Labute approximate surface area is 169 Å². The van der Waals surface area contributed by atoms with Gasteiger partial charge in [0, 0.05) is 19.1 Å². The monoisotopic (exact) mass is 423 g/mol. The average Bonchev–Trinajstić information content (AvgIpc) is 2.75. The number of ether oxygens (including phenoxy) is 5. The molecule has 0 radical (unpaired) electrons. The summed E-state index contributed by atoms with van der Waals surface area (Å²) in [6.07, 6.45) is -8.35. The van der Waals surface area contributed by atoms with Crippen LogP contribution in [0.3, 0.4) is 0 Å². The van der Waals surface area contributed by atoms with Crippen LogP contribution in [0.25, 0.3) is 0 Å². The largest absolute Gasteiger partial charge is 0.394 e. The summed E-state index contributed by atoms with van der Waals surface area (Å²) < 4.78 is 28.7. The van der Waals surface area contributed by atoms with E-state index in [0.717, 1.165) is 0 Å². The molecule has 11 heteroatoms. The SMILES string of the molecule is NCCCO[C@H]1[C@H]2OCCC[C@H]3[C@H](O)[C@@H](O)C(O[C@@H]([C@@H]1O)[C@@H](CO)O2)O[C@@H]3CO. The number of fused-ring (bicyclic) bond motifs is 2. The van der Waals surface area contributed by atoms with Crippen molar-refractivity contribution in [1.82, 2.24) is 0 Å². The molecule has 0 saturated carbocycles. The van der Waals surface area contributed by atoms with Crippen LogP contribution in [0.15, 0.2) is 0 Å². The summed E-state index contributed by atoms with van der Waals surface area (Å²) in [6.45, 7) is 0.0647. The fourth-order valence-corrected chi connectivity index (χ4v) is 4.13. The molecule has 5 rings (SSSR count). The normalized spacial score (nSPS) is 46.1. The fraction of sp³-hybridized carbons (Fsp3) is 1.00. The quantitative estimate of drug-likeness (QED) is 0.241. The van der Waals surface area contributed by atoms with Gasteiger partial charge in [0.1, 0.15) is 30.5 Å². The molecule has 5 aliphatic rings. The molecule has 11 nitrogen and oxygen atoms in total. The number of nitrogens with two attached hydrogens (primary N) is 1. The number of aliphatic hydroxyl groups is 5. The van der Waals surface area contributed by atoms with Crippen molar-refractivity contribution in [2.24, 2.45) is 11.7 Å². The Bertz CT molecular complexity index is 497. The summed E-state index contributed by atoms with van der Waals surface area (Å²) in [5, 5.41) is 51.4. The van der Waals surface area contributed by atoms with Crippen molar-refractivity contribution < 1.29 is 49.2 Å². The number of aliphatic hydroxyl groups excluding tert-OH is 5. The summed E-state index contributed by atoms with van der Waals surface area (Å²) in [4.78, 5) is 0. The minimum absolute atomic E-state index is 0.221. The molecule has 4 bridgehead atoms. The molecule has 5 heterocycles. The molecule has 0 aromatic heterocycles. The van der Waals surface area contributed by atoms with Crippen LogP contribution in [0, 0.1) is 5.92 Å². The number of rotatable bonds is 6. The van der Waals surface area contributed by atoms with Crippen LogP contribution in [-0.4, -0.2) is 114 Å². The van der Waals surface area contributed by atoms with Crippen LogP contribution in [0.2, 0.25) is 0 Å². The van der Waals surface area contributed by atoms with Crippen LogP contribution in [0.5, 0.6) is 0 Å². The van der Waals surface area contributed by atoms with E-state index in [1.165, 1.54) is 0 Å². The van der Waals surface area contributed by atoms with Gasteiger partial charge in [0.2, 0.25) is 0 Å². The van der Waals surface area contributed by atoms with E-state index in [0.29, 0.717) is 25.8 Å². The summed E-state index contributed by atoms with van der Waals surface area (Å²) in [5.41, 5.74) is 5.50. The van der Waals surface area contributed by atoms with Gasteiger partial charge in [-0.15, -0.1) is 0 Å². The summed E-state index contributed by atoms with van der Waals surface area (Å²) in [5.74, 6) is -0.507. The van der Waals surface area contributed by atoms with E-state index in [4.69, 9.17) is 29.4 Å². The van der Waals surface area contributed by atoms with Gasteiger partial charge in [0.05, 0.1) is 25.4 Å². The minimum Gasteiger partial charge on any atom is -0.394 e. The van der Waals surface area contributed by atoms with E-state index < -0.39 is 67.8 Å². The standard InChI is InChI=1S/C18H33NO10/c19-4-2-6-25-16-14(24)15-11(8-21)28-18(16)26-5-1-3-9-10(7-20)27-17(29-15)13(23)12(9)22/h9-18,20-24H,1-8,19H2/t9-,10-,11-,12+,13-,14+,15-,16-,17?,18+/m1/s1. The maximum atomic E-state index is 10.9. The van der Waals surface area contributed by atoms with Crippen LogP contribution in [0.4, 0.5) is 0 Å². The molecule has 0 spiro atoms. The van der Waals surface area contributed by atoms with Crippen molar-refractivity contribution in [1.29, 1.82) is 0 Å². The highest BCUT2D eigenvalue weighted by atomic mass is 16.7. The molecule has 0 amide bonds. The van der Waals surface area contributed by atoms with Crippen LogP contribution in [-0.2, 0) is 23.7 Å². The van der Waals surface area contributed by atoms with Crippen LogP contribution >= 0.6 is 0 Å². The molecular weight excluding hydrogens is 390 g/mol. The zero-order valence-electron chi connectivity index (χ0n) is 16.3. The van der Waals surface area contributed by atoms with Crippen molar-refractivity contribution in [2.75, 3.05) is 33.0 Å². The third-order valence-electron chi connectivity index (χ3n) is 5.74. The van der Waals surface area contributed by atoms with Crippen molar-refractivity contribution >= 4 is 0 Å². The Morgan fingerprint density at radius 2 is 1.62 bits per heavy atom. The predicted molar refractivity (Wildman–Crippen MR) is 96.5 cm³/mol. The highest BCUT2D eigenvalue weighted by Gasteiger charge is 2.51.